The molecule has 1 aliphatic carbocycles. The summed E-state index contributed by atoms with van der Waals surface area (Å²) in [7, 11) is 0. The first-order valence-corrected chi connectivity index (χ1v) is 15.4. The van der Waals surface area contributed by atoms with Crippen molar-refractivity contribution in [2.24, 2.45) is 17.8 Å². The normalized spacial score (nSPS) is 12.0. The van der Waals surface area contributed by atoms with Crippen LogP contribution >= 0.6 is 0 Å². The van der Waals surface area contributed by atoms with Crippen LogP contribution in [0.4, 0.5) is 0 Å². The molecular formula is C39H46IrNO2-. The van der Waals surface area contributed by atoms with Crippen molar-refractivity contribution in [1.82, 2.24) is 4.98 Å². The summed E-state index contributed by atoms with van der Waals surface area (Å²) in [6.45, 7) is 17.1. The second-order valence-corrected chi connectivity index (χ2v) is 13.2. The molecule has 1 aromatic heterocycles. The van der Waals surface area contributed by atoms with Crippen LogP contribution in [0, 0.1) is 23.8 Å². The Morgan fingerprint density at radius 2 is 1.49 bits per heavy atom. The molecule has 1 heterocycles. The van der Waals surface area contributed by atoms with E-state index < -0.39 is 0 Å². The van der Waals surface area contributed by atoms with Crippen molar-refractivity contribution in [3.05, 3.63) is 89.8 Å². The largest absolute Gasteiger partial charge is 0.512 e. The molecule has 3 nitrogen and oxygen atoms in total. The molecular weight excluding hydrogens is 707 g/mol. The van der Waals surface area contributed by atoms with E-state index >= 15 is 0 Å². The maximum atomic E-state index is 11.2. The molecule has 0 saturated heterocycles. The second kappa shape index (κ2) is 15.1. The van der Waals surface area contributed by atoms with Crippen molar-refractivity contribution in [2.45, 2.75) is 80.6 Å². The molecule has 4 heteroatoms. The second-order valence-electron chi connectivity index (χ2n) is 13.2. The van der Waals surface area contributed by atoms with Gasteiger partial charge in [0.2, 0.25) is 0 Å². The van der Waals surface area contributed by atoms with E-state index in [9.17, 15) is 9.90 Å². The molecule has 0 atom stereocenters. The molecule has 229 valence electrons. The molecule has 0 bridgehead atoms. The molecule has 1 N–H and O–H groups in total. The van der Waals surface area contributed by atoms with Crippen LogP contribution in [0.2, 0.25) is 0 Å². The first-order valence-electron chi connectivity index (χ1n) is 15.4. The smallest absolute Gasteiger partial charge is 0.159 e. The summed E-state index contributed by atoms with van der Waals surface area (Å²) in [4.78, 5) is 16.1. The zero-order chi connectivity index (χ0) is 30.6. The molecule has 0 saturated carbocycles. The van der Waals surface area contributed by atoms with Crippen molar-refractivity contribution in [1.29, 1.82) is 0 Å². The number of aliphatic hydroxyl groups excluding tert-OH is 1. The maximum absolute atomic E-state index is 11.2. The molecule has 43 heavy (non-hydrogen) atoms. The van der Waals surface area contributed by atoms with Crippen LogP contribution < -0.4 is 0 Å². The molecule has 0 unspecified atom stereocenters. The predicted molar refractivity (Wildman–Crippen MR) is 178 cm³/mol. The van der Waals surface area contributed by atoms with Gasteiger partial charge >= 0.3 is 0 Å². The number of hydrogen-bond acceptors (Lipinski definition) is 3. The summed E-state index contributed by atoms with van der Waals surface area (Å²) in [5, 5.41) is 11.9. The molecule has 3 aromatic carbocycles. The molecule has 0 spiro atoms. The Bertz CT molecular complexity index is 1600. The van der Waals surface area contributed by atoms with Crippen LogP contribution in [-0.2, 0) is 31.3 Å². The summed E-state index contributed by atoms with van der Waals surface area (Å²) < 4.78 is 0. The quantitative estimate of drug-likeness (QED) is 0.0976. The van der Waals surface area contributed by atoms with Gasteiger partial charge in [0.15, 0.2) is 5.78 Å². The Morgan fingerprint density at radius 1 is 0.837 bits per heavy atom. The molecule has 1 radical (unpaired) electrons. The fraction of sp³-hybridized carbons (Fsp3) is 0.385. The zero-order valence-electron chi connectivity index (χ0n) is 26.9. The Morgan fingerprint density at radius 3 is 2.09 bits per heavy atom. The summed E-state index contributed by atoms with van der Waals surface area (Å²) >= 11 is 0. The molecule has 5 rings (SSSR count). The zero-order valence-corrected chi connectivity index (χ0v) is 29.3. The fourth-order valence-corrected chi connectivity index (χ4v) is 5.69. The van der Waals surface area contributed by atoms with Crippen molar-refractivity contribution in [2.75, 3.05) is 0 Å². The Balaban J connectivity index is 0.000000310. The maximum Gasteiger partial charge on any atom is 0.159 e. The van der Waals surface area contributed by atoms with E-state index in [0.717, 1.165) is 17.7 Å². The predicted octanol–water partition coefficient (Wildman–Crippen LogP) is 10.8. The number of ketones is 1. The minimum absolute atomic E-state index is 0. The van der Waals surface area contributed by atoms with Crippen molar-refractivity contribution in [3.8, 4) is 33.5 Å². The van der Waals surface area contributed by atoms with Crippen LogP contribution in [-0.4, -0.2) is 15.9 Å². The van der Waals surface area contributed by atoms with Gasteiger partial charge in [0, 0.05) is 45.2 Å². The van der Waals surface area contributed by atoms with E-state index in [0.29, 0.717) is 36.5 Å². The number of aromatic nitrogens is 1. The number of pyridine rings is 1. The van der Waals surface area contributed by atoms with Crippen LogP contribution in [0.15, 0.2) is 72.6 Å². The third-order valence-electron chi connectivity index (χ3n) is 7.50. The monoisotopic (exact) mass is 753 g/mol. The number of allylic oxidation sites excluding steroid dienone is 2. The van der Waals surface area contributed by atoms with Crippen LogP contribution in [0.5, 0.6) is 0 Å². The molecule has 0 amide bonds. The van der Waals surface area contributed by atoms with E-state index in [-0.39, 0.29) is 31.6 Å². The molecule has 1 aliphatic rings. The van der Waals surface area contributed by atoms with E-state index in [1.807, 2.05) is 33.9 Å². The first-order chi connectivity index (χ1) is 19.9. The number of nitrogens with zero attached hydrogens (tertiary/aromatic N) is 1. The number of carbonyl (C=O) groups excluding carboxylic acids is 1. The number of rotatable bonds is 8. The van der Waals surface area contributed by atoms with Gasteiger partial charge in [0.25, 0.3) is 0 Å². The number of hydrogen-bond donors (Lipinski definition) is 1. The van der Waals surface area contributed by atoms with Gasteiger partial charge in [-0.3, -0.25) is 4.79 Å². The average molecular weight is 753 g/mol. The van der Waals surface area contributed by atoms with Gasteiger partial charge in [0.1, 0.15) is 0 Å². The first kappa shape index (κ1) is 34.4. The van der Waals surface area contributed by atoms with E-state index in [2.05, 4.69) is 88.4 Å². The Labute approximate surface area is 272 Å². The number of fused-ring (bicyclic) bond motifs is 5. The van der Waals surface area contributed by atoms with E-state index in [4.69, 9.17) is 4.98 Å². The van der Waals surface area contributed by atoms with Crippen LogP contribution in [0.1, 0.15) is 85.3 Å². The van der Waals surface area contributed by atoms with Gasteiger partial charge in [0.05, 0.1) is 5.76 Å². The van der Waals surface area contributed by atoms with Gasteiger partial charge in [-0.1, -0.05) is 115 Å². The van der Waals surface area contributed by atoms with E-state index in [1.165, 1.54) is 50.2 Å². The molecule has 0 fully saturated rings. The fourth-order valence-electron chi connectivity index (χ4n) is 5.69. The van der Waals surface area contributed by atoms with Gasteiger partial charge < -0.3 is 10.1 Å². The van der Waals surface area contributed by atoms with Gasteiger partial charge in [-0.15, -0.1) is 29.3 Å². The van der Waals surface area contributed by atoms with Crippen molar-refractivity contribution < 1.29 is 30.0 Å². The van der Waals surface area contributed by atoms with Crippen molar-refractivity contribution in [3.63, 3.8) is 0 Å². The topological polar surface area (TPSA) is 50.2 Å². The number of aliphatic hydroxyl groups is 1. The summed E-state index contributed by atoms with van der Waals surface area (Å²) in [6.07, 6.45) is 5.47. The summed E-state index contributed by atoms with van der Waals surface area (Å²) in [6, 6.07) is 23.8. The van der Waals surface area contributed by atoms with Crippen LogP contribution in [0.25, 0.3) is 44.3 Å². The Kier molecular flexibility index (Phi) is 12.1. The number of benzene rings is 3. The minimum atomic E-state index is 0. The third kappa shape index (κ3) is 8.52. The SMILES string of the molecule is CC(C)CC(=O)/C=C(\O)CC(C)C.CC(C)Cc1c[c-]c2c(c1)-c1ccccc1-c1cc(C(C)C)cc3ccnc-2c13.[Ir]. The standard InChI is InChI=1S/C28H26N.C11H20O2.Ir/c1-17(2)13-19-9-10-24-25(14-19)22-7-5-6-8-23(22)26-16-21(18(3)4)15-20-11-12-29-28(24)27(20)26;1-8(2)5-10(12)7-11(13)6-9(3)4;/h5-9,11-12,14-18H,13H2,1-4H3;7-9,12H,5-6H2,1-4H3;/q-1;;/b;10-7-;. The average Bonchev–Trinajstić information content (AvgIpc) is 3.02. The summed E-state index contributed by atoms with van der Waals surface area (Å²) in [5.74, 6) is 2.08. The van der Waals surface area contributed by atoms with Crippen LogP contribution in [0.3, 0.4) is 0 Å². The van der Waals surface area contributed by atoms with Crippen molar-refractivity contribution >= 4 is 16.6 Å². The molecule has 4 aromatic rings. The third-order valence-corrected chi connectivity index (χ3v) is 7.50. The van der Waals surface area contributed by atoms with Gasteiger partial charge in [-0.05, 0) is 57.0 Å². The Hall–Kier alpha value is -3.07. The minimum Gasteiger partial charge on any atom is -0.512 e. The van der Waals surface area contributed by atoms with Gasteiger partial charge in [-0.25, -0.2) is 0 Å². The van der Waals surface area contributed by atoms with Gasteiger partial charge in [-0.2, -0.15) is 0 Å². The molecule has 0 aliphatic heterocycles. The number of carbonyl (C=O) groups is 1. The summed E-state index contributed by atoms with van der Waals surface area (Å²) in [5.41, 5.74) is 10.00. The van der Waals surface area contributed by atoms with E-state index in [1.54, 1.807) is 0 Å².